The molecule has 4 atom stereocenters. The Labute approximate surface area is 285 Å². The average molecular weight is 669 g/mol. The molecule has 49 heavy (non-hydrogen) atoms. The van der Waals surface area contributed by atoms with Crippen LogP contribution in [0.15, 0.2) is 42.6 Å². The third kappa shape index (κ3) is 6.01. The zero-order chi connectivity index (χ0) is 34.7. The Morgan fingerprint density at radius 1 is 1.10 bits per heavy atom. The van der Waals surface area contributed by atoms with Crippen molar-refractivity contribution in [3.8, 4) is 29.6 Å². The third-order valence-corrected chi connectivity index (χ3v) is 10.1. The highest BCUT2D eigenvalue weighted by Crippen LogP contribution is 2.41. The van der Waals surface area contributed by atoms with E-state index in [4.69, 9.17) is 20.9 Å². The lowest BCUT2D eigenvalue weighted by Crippen LogP contribution is -2.59. The molecule has 7 rings (SSSR count). The normalized spacial score (nSPS) is 24.3. The van der Waals surface area contributed by atoms with E-state index >= 15 is 4.39 Å². The number of halogens is 2. The second-order valence-corrected chi connectivity index (χ2v) is 14.7. The first-order valence-electron chi connectivity index (χ1n) is 17.0. The summed E-state index contributed by atoms with van der Waals surface area (Å²) < 4.78 is 43.5. The third-order valence-electron chi connectivity index (χ3n) is 10.1. The van der Waals surface area contributed by atoms with Crippen molar-refractivity contribution in [1.82, 2.24) is 24.8 Å². The fraction of sp³-hybridized carbons (Fsp3) is 0.474. The standard InChI is InChI=1S/C38H42F2N6O3/c1-7-25-11-8-12-26-13-9-14-28(30(25)26)32-31(40)33-29(18-41-32)34(45-19-24(3)46(20-23(45)2)36(47)49-37(4,5)6)43-35(42-33)48-22-38-15-10-16-44(38)21-27(39)17-38/h1,8-9,11-14,18,23-24,27H,10,15-17,19-22H2,2-6H3/t23-,24+,27-,38+/m1/s1. The molecular weight excluding hydrogens is 626 g/mol. The molecule has 5 heterocycles. The number of anilines is 1. The van der Waals surface area contributed by atoms with Crippen LogP contribution in [0.1, 0.15) is 59.4 Å². The first-order valence-corrected chi connectivity index (χ1v) is 17.0. The summed E-state index contributed by atoms with van der Waals surface area (Å²) in [6.07, 6.45) is 8.32. The first-order chi connectivity index (χ1) is 23.4. The topological polar surface area (TPSA) is 83.9 Å². The lowest BCUT2D eigenvalue weighted by atomic mass is 9.95. The van der Waals surface area contributed by atoms with Crippen LogP contribution in [0.2, 0.25) is 0 Å². The van der Waals surface area contributed by atoms with Crippen molar-refractivity contribution in [2.24, 2.45) is 0 Å². The summed E-state index contributed by atoms with van der Waals surface area (Å²) in [4.78, 5) is 33.2. The number of ether oxygens (including phenoxy) is 2. The van der Waals surface area contributed by atoms with E-state index in [1.165, 1.54) is 0 Å². The molecule has 1 amide bonds. The number of aromatic nitrogens is 3. The molecule has 2 aromatic carbocycles. The number of rotatable bonds is 5. The maximum atomic E-state index is 16.9. The van der Waals surface area contributed by atoms with Crippen molar-refractivity contribution in [3.63, 3.8) is 0 Å². The number of alkyl halides is 1. The van der Waals surface area contributed by atoms with Crippen molar-refractivity contribution < 1.29 is 23.0 Å². The van der Waals surface area contributed by atoms with Crippen molar-refractivity contribution in [3.05, 3.63) is 54.0 Å². The van der Waals surface area contributed by atoms with Crippen LogP contribution in [0.25, 0.3) is 32.9 Å². The maximum absolute atomic E-state index is 16.9. The van der Waals surface area contributed by atoms with Crippen molar-refractivity contribution in [2.45, 2.75) is 83.3 Å². The van der Waals surface area contributed by atoms with E-state index in [0.717, 1.165) is 30.2 Å². The van der Waals surface area contributed by atoms with E-state index in [1.807, 2.05) is 69.9 Å². The molecule has 3 aliphatic rings. The number of amides is 1. The number of piperazine rings is 1. The van der Waals surface area contributed by atoms with Gasteiger partial charge in [0, 0.05) is 60.8 Å². The first kappa shape index (κ1) is 33.0. The van der Waals surface area contributed by atoms with E-state index in [0.29, 0.717) is 48.4 Å². The largest absolute Gasteiger partial charge is 0.461 e. The summed E-state index contributed by atoms with van der Waals surface area (Å²) in [6, 6.07) is 10.8. The Bertz CT molecular complexity index is 1970. The number of pyridine rings is 1. The molecule has 0 bridgehead atoms. The van der Waals surface area contributed by atoms with Gasteiger partial charge in [0.05, 0.1) is 10.9 Å². The highest BCUT2D eigenvalue weighted by atomic mass is 19.1. The van der Waals surface area contributed by atoms with Crippen LogP contribution >= 0.6 is 0 Å². The van der Waals surface area contributed by atoms with Gasteiger partial charge in [-0.05, 0) is 65.5 Å². The number of nitrogens with zero attached hydrogens (tertiary/aromatic N) is 6. The van der Waals surface area contributed by atoms with E-state index < -0.39 is 23.1 Å². The van der Waals surface area contributed by atoms with Gasteiger partial charge in [-0.2, -0.15) is 9.97 Å². The van der Waals surface area contributed by atoms with E-state index in [1.54, 1.807) is 17.2 Å². The Kier molecular flexibility index (Phi) is 8.34. The lowest BCUT2D eigenvalue weighted by molar-refractivity contribution is 0.0130. The minimum Gasteiger partial charge on any atom is -0.461 e. The van der Waals surface area contributed by atoms with Crippen molar-refractivity contribution in [1.29, 1.82) is 0 Å². The van der Waals surface area contributed by atoms with E-state index in [2.05, 4.69) is 20.8 Å². The number of carbonyl (C=O) groups is 1. The molecular formula is C38H42F2N6O3. The molecule has 2 aromatic heterocycles. The van der Waals surface area contributed by atoms with E-state index in [9.17, 15) is 9.18 Å². The minimum atomic E-state index is -0.916. The Hall–Kier alpha value is -4.56. The predicted octanol–water partition coefficient (Wildman–Crippen LogP) is 6.75. The van der Waals surface area contributed by atoms with E-state index in [-0.39, 0.29) is 42.0 Å². The SMILES string of the molecule is C#Cc1cccc2cccc(-c3ncc4c(N5C[C@H](C)N(C(=O)OC(C)(C)C)C[C@H]5C)nc(OC[C@@]56CCCN5C[C@H](F)C6)nc4c3F)c12. The van der Waals surface area contributed by atoms with Gasteiger partial charge in [-0.3, -0.25) is 9.88 Å². The number of benzene rings is 2. The molecule has 0 radical (unpaired) electrons. The minimum absolute atomic E-state index is 0.0127. The molecule has 3 aliphatic heterocycles. The summed E-state index contributed by atoms with van der Waals surface area (Å²) >= 11 is 0. The highest BCUT2D eigenvalue weighted by Gasteiger charge is 2.49. The Morgan fingerprint density at radius 3 is 2.63 bits per heavy atom. The number of terminal acetylenes is 1. The molecule has 0 spiro atoms. The maximum Gasteiger partial charge on any atom is 0.410 e. The van der Waals surface area contributed by atoms with Crippen LogP contribution < -0.4 is 9.64 Å². The van der Waals surface area contributed by atoms with Crippen LogP contribution in [0.4, 0.5) is 19.4 Å². The summed E-state index contributed by atoms with van der Waals surface area (Å²) in [5.74, 6) is 2.56. The number of hydrogen-bond acceptors (Lipinski definition) is 8. The van der Waals surface area contributed by atoms with Gasteiger partial charge in [-0.15, -0.1) is 6.42 Å². The van der Waals surface area contributed by atoms with Crippen LogP contribution in [0.3, 0.4) is 0 Å². The van der Waals surface area contributed by atoms with Crippen molar-refractivity contribution >= 4 is 33.6 Å². The average Bonchev–Trinajstić information content (AvgIpc) is 3.59. The van der Waals surface area contributed by atoms with Gasteiger partial charge in [0.25, 0.3) is 0 Å². The van der Waals surface area contributed by atoms with Crippen LogP contribution in [0.5, 0.6) is 6.01 Å². The second kappa shape index (κ2) is 12.4. The van der Waals surface area contributed by atoms with Gasteiger partial charge < -0.3 is 19.3 Å². The van der Waals surface area contributed by atoms with Gasteiger partial charge in [0.15, 0.2) is 5.82 Å². The van der Waals surface area contributed by atoms with Gasteiger partial charge >= 0.3 is 12.1 Å². The monoisotopic (exact) mass is 668 g/mol. The lowest BCUT2D eigenvalue weighted by Gasteiger charge is -2.44. The fourth-order valence-electron chi connectivity index (χ4n) is 7.80. The molecule has 9 nitrogen and oxygen atoms in total. The molecule has 3 fully saturated rings. The smallest absolute Gasteiger partial charge is 0.410 e. The summed E-state index contributed by atoms with van der Waals surface area (Å²) in [5.41, 5.74) is 0.301. The molecule has 0 N–H and O–H groups in total. The van der Waals surface area contributed by atoms with Gasteiger partial charge in [-0.1, -0.05) is 36.3 Å². The quantitative estimate of drug-likeness (QED) is 0.216. The summed E-state index contributed by atoms with van der Waals surface area (Å²) in [7, 11) is 0. The number of carbonyl (C=O) groups excluding carboxylic acids is 1. The van der Waals surface area contributed by atoms with Gasteiger partial charge in [-0.25, -0.2) is 13.6 Å². The number of hydrogen-bond donors (Lipinski definition) is 0. The van der Waals surface area contributed by atoms with Crippen LogP contribution in [-0.2, 0) is 4.74 Å². The Balaban J connectivity index is 1.32. The van der Waals surface area contributed by atoms with Crippen LogP contribution in [-0.4, -0.2) is 93.0 Å². The second-order valence-electron chi connectivity index (χ2n) is 14.7. The predicted molar refractivity (Wildman–Crippen MR) is 186 cm³/mol. The molecule has 0 aliphatic carbocycles. The summed E-state index contributed by atoms with van der Waals surface area (Å²) in [5, 5.41) is 2.02. The van der Waals surface area contributed by atoms with Crippen LogP contribution in [0, 0.1) is 18.2 Å². The zero-order valence-corrected chi connectivity index (χ0v) is 28.7. The molecule has 3 saturated heterocycles. The molecule has 0 saturated carbocycles. The fourth-order valence-corrected chi connectivity index (χ4v) is 7.80. The summed E-state index contributed by atoms with van der Waals surface area (Å²) in [6.45, 7) is 11.6. The zero-order valence-electron chi connectivity index (χ0n) is 28.7. The number of fused-ring (bicyclic) bond motifs is 3. The molecule has 11 heteroatoms. The van der Waals surface area contributed by atoms with Gasteiger partial charge in [0.1, 0.15) is 35.4 Å². The highest BCUT2D eigenvalue weighted by molar-refractivity contribution is 6.02. The van der Waals surface area contributed by atoms with Gasteiger partial charge in [0.2, 0.25) is 0 Å². The molecule has 0 unspecified atom stereocenters. The molecule has 256 valence electrons. The van der Waals surface area contributed by atoms with Crippen molar-refractivity contribution in [2.75, 3.05) is 37.7 Å². The Morgan fingerprint density at radius 2 is 1.88 bits per heavy atom. The molecule has 4 aromatic rings.